The third-order valence-corrected chi connectivity index (χ3v) is 3.48. The van der Waals surface area contributed by atoms with E-state index in [1.165, 1.54) is 0 Å². The van der Waals surface area contributed by atoms with Gasteiger partial charge in [0.2, 0.25) is 0 Å². The molecule has 0 heterocycles. The van der Waals surface area contributed by atoms with Crippen molar-refractivity contribution in [1.29, 1.82) is 0 Å². The highest BCUT2D eigenvalue weighted by Crippen LogP contribution is 2.15. The van der Waals surface area contributed by atoms with Crippen LogP contribution >= 0.6 is 0 Å². The third-order valence-electron chi connectivity index (χ3n) is 3.48. The van der Waals surface area contributed by atoms with Gasteiger partial charge in [-0.15, -0.1) is 0 Å². The van der Waals surface area contributed by atoms with Crippen molar-refractivity contribution in [2.24, 2.45) is 0 Å². The average molecular weight is 469 g/mol. The summed E-state index contributed by atoms with van der Waals surface area (Å²) in [5, 5.41) is 2.52. The van der Waals surface area contributed by atoms with Gasteiger partial charge >= 0.3 is 24.2 Å². The molecule has 0 spiro atoms. The van der Waals surface area contributed by atoms with E-state index in [9.17, 15) is 19.2 Å². The molecule has 0 unspecified atom stereocenters. The van der Waals surface area contributed by atoms with Crippen LogP contribution in [0.2, 0.25) is 0 Å². The minimum atomic E-state index is -1.40. The van der Waals surface area contributed by atoms with Crippen molar-refractivity contribution >= 4 is 24.2 Å². The van der Waals surface area contributed by atoms with Gasteiger partial charge in [0.05, 0.1) is 7.11 Å². The van der Waals surface area contributed by atoms with Crippen LogP contribution in [0.25, 0.3) is 0 Å². The Balaban J connectivity index is 2.87. The maximum Gasteiger partial charge on any atom is 0.444 e. The van der Waals surface area contributed by atoms with E-state index in [0.29, 0.717) is 0 Å². The standard InChI is InChI=1S/C22H32N2O9/c1-21(2,3)32-19(27)24(20(28)33-22(4,5)6)31-14-16(17(25)29-7)23-18(26)30-13-15-11-9-8-10-12-15/h8-12,16H,13-14H2,1-7H3,(H,23,26)/t16-/m0/s1. The molecule has 1 aromatic rings. The molecule has 1 rings (SSSR count). The summed E-state index contributed by atoms with van der Waals surface area (Å²) in [6.07, 6.45) is -3.25. The normalized spacial score (nSPS) is 12.2. The Morgan fingerprint density at radius 3 is 1.88 bits per heavy atom. The Kier molecular flexibility index (Phi) is 10.1. The highest BCUT2D eigenvalue weighted by atomic mass is 16.8. The molecule has 3 amide bonds. The van der Waals surface area contributed by atoms with E-state index in [0.717, 1.165) is 12.7 Å². The van der Waals surface area contributed by atoms with Crippen LogP contribution in [0.4, 0.5) is 14.4 Å². The lowest BCUT2D eigenvalue weighted by atomic mass is 10.2. The molecule has 33 heavy (non-hydrogen) atoms. The third kappa shape index (κ3) is 11.2. The number of nitrogens with zero attached hydrogens (tertiary/aromatic N) is 1. The Morgan fingerprint density at radius 1 is 0.909 bits per heavy atom. The number of rotatable bonds is 7. The Hall–Kier alpha value is -3.34. The molecule has 0 aliphatic rings. The molecular formula is C22H32N2O9. The van der Waals surface area contributed by atoms with Gasteiger partial charge in [0.15, 0.2) is 6.04 Å². The van der Waals surface area contributed by atoms with E-state index in [1.807, 2.05) is 6.07 Å². The maximum absolute atomic E-state index is 12.5. The second-order valence-corrected chi connectivity index (χ2v) is 8.83. The minimum absolute atomic E-state index is 0.0383. The number of imide groups is 1. The van der Waals surface area contributed by atoms with Crippen LogP contribution in [0, 0.1) is 0 Å². The number of hydrogen-bond donors (Lipinski definition) is 1. The number of amides is 3. The smallest absolute Gasteiger partial charge is 0.444 e. The van der Waals surface area contributed by atoms with Gasteiger partial charge in [-0.25, -0.2) is 19.2 Å². The molecule has 0 aliphatic carbocycles. The van der Waals surface area contributed by atoms with Crippen molar-refractivity contribution in [2.75, 3.05) is 13.7 Å². The predicted molar refractivity (Wildman–Crippen MR) is 116 cm³/mol. The van der Waals surface area contributed by atoms with E-state index in [1.54, 1.807) is 65.8 Å². The fraction of sp³-hybridized carbons (Fsp3) is 0.545. The lowest BCUT2D eigenvalue weighted by Gasteiger charge is -2.28. The van der Waals surface area contributed by atoms with Crippen LogP contribution < -0.4 is 5.32 Å². The molecule has 0 saturated heterocycles. The molecule has 0 aromatic heterocycles. The molecule has 0 saturated carbocycles. The molecular weight excluding hydrogens is 436 g/mol. The molecule has 0 aliphatic heterocycles. The van der Waals surface area contributed by atoms with Gasteiger partial charge in [-0.2, -0.15) is 0 Å². The average Bonchev–Trinajstić information content (AvgIpc) is 2.69. The van der Waals surface area contributed by atoms with Crippen LogP contribution in [0.5, 0.6) is 0 Å². The van der Waals surface area contributed by atoms with Gasteiger partial charge in [-0.05, 0) is 47.1 Å². The van der Waals surface area contributed by atoms with Crippen molar-refractivity contribution in [1.82, 2.24) is 10.4 Å². The van der Waals surface area contributed by atoms with Gasteiger partial charge in [-0.3, -0.25) is 4.84 Å². The number of esters is 1. The van der Waals surface area contributed by atoms with Crippen LogP contribution in [0.1, 0.15) is 47.1 Å². The monoisotopic (exact) mass is 468 g/mol. The first kappa shape index (κ1) is 27.7. The Bertz CT molecular complexity index is 785. The van der Waals surface area contributed by atoms with E-state index in [-0.39, 0.29) is 11.7 Å². The number of methoxy groups -OCH3 is 1. The van der Waals surface area contributed by atoms with Crippen molar-refractivity contribution in [3.63, 3.8) is 0 Å². The SMILES string of the molecule is COC(=O)[C@H](CON(C(=O)OC(C)(C)C)C(=O)OC(C)(C)C)NC(=O)OCc1ccccc1. The quantitative estimate of drug-likeness (QED) is 0.363. The molecule has 1 aromatic carbocycles. The van der Waals surface area contributed by atoms with E-state index in [2.05, 4.69) is 10.1 Å². The van der Waals surface area contributed by atoms with Crippen molar-refractivity contribution < 1.29 is 43.0 Å². The minimum Gasteiger partial charge on any atom is -0.467 e. The van der Waals surface area contributed by atoms with Gasteiger partial charge in [0, 0.05) is 0 Å². The zero-order chi connectivity index (χ0) is 25.2. The number of hydrogen-bond acceptors (Lipinski definition) is 9. The summed E-state index contributed by atoms with van der Waals surface area (Å²) < 4.78 is 20.0. The number of benzene rings is 1. The lowest BCUT2D eigenvalue weighted by Crippen LogP contribution is -2.49. The van der Waals surface area contributed by atoms with E-state index in [4.69, 9.17) is 19.0 Å². The van der Waals surface area contributed by atoms with Crippen LogP contribution in [0.3, 0.4) is 0 Å². The zero-order valence-corrected chi connectivity index (χ0v) is 20.0. The first-order chi connectivity index (χ1) is 15.2. The number of hydroxylamine groups is 2. The molecule has 0 bridgehead atoms. The van der Waals surface area contributed by atoms with Crippen LogP contribution in [0.15, 0.2) is 30.3 Å². The number of carbonyl (C=O) groups excluding carboxylic acids is 4. The summed E-state index contributed by atoms with van der Waals surface area (Å²) in [6, 6.07) is 7.50. The topological polar surface area (TPSA) is 130 Å². The largest absolute Gasteiger partial charge is 0.467 e. The number of ether oxygens (including phenoxy) is 4. The fourth-order valence-electron chi connectivity index (χ4n) is 2.15. The Labute approximate surface area is 193 Å². The van der Waals surface area contributed by atoms with Crippen molar-refractivity contribution in [3.05, 3.63) is 35.9 Å². The van der Waals surface area contributed by atoms with Crippen molar-refractivity contribution in [3.8, 4) is 0 Å². The fourth-order valence-corrected chi connectivity index (χ4v) is 2.15. The lowest BCUT2D eigenvalue weighted by molar-refractivity contribution is -0.160. The number of nitrogens with one attached hydrogen (secondary N) is 1. The highest BCUT2D eigenvalue weighted by molar-refractivity contribution is 5.86. The molecule has 11 nitrogen and oxygen atoms in total. The van der Waals surface area contributed by atoms with Gasteiger partial charge in [-0.1, -0.05) is 35.4 Å². The maximum atomic E-state index is 12.5. The summed E-state index contributed by atoms with van der Waals surface area (Å²) in [5.74, 6) is -0.889. The Morgan fingerprint density at radius 2 is 1.42 bits per heavy atom. The first-order valence-electron chi connectivity index (χ1n) is 10.2. The molecule has 0 fully saturated rings. The number of alkyl carbamates (subject to hydrolysis) is 1. The van der Waals surface area contributed by atoms with Gasteiger partial charge in [0.1, 0.15) is 24.4 Å². The van der Waals surface area contributed by atoms with Gasteiger partial charge < -0.3 is 24.3 Å². The van der Waals surface area contributed by atoms with Crippen LogP contribution in [-0.4, -0.2) is 60.3 Å². The van der Waals surface area contributed by atoms with Gasteiger partial charge in [0.25, 0.3) is 0 Å². The summed E-state index contributed by atoms with van der Waals surface area (Å²) >= 11 is 0. The van der Waals surface area contributed by atoms with E-state index >= 15 is 0 Å². The predicted octanol–water partition coefficient (Wildman–Crippen LogP) is 3.56. The van der Waals surface area contributed by atoms with Crippen molar-refractivity contribution in [2.45, 2.75) is 65.4 Å². The molecule has 1 atom stereocenters. The second-order valence-electron chi connectivity index (χ2n) is 8.83. The second kappa shape index (κ2) is 12.0. The zero-order valence-electron chi connectivity index (χ0n) is 20.0. The molecule has 11 heteroatoms. The number of carbonyl (C=O) groups is 4. The summed E-state index contributed by atoms with van der Waals surface area (Å²) in [6.45, 7) is 8.90. The molecule has 0 radical (unpaired) electrons. The van der Waals surface area contributed by atoms with Crippen LogP contribution in [-0.2, 0) is 35.2 Å². The molecule has 1 N–H and O–H groups in total. The summed E-state index contributed by atoms with van der Waals surface area (Å²) in [5.41, 5.74) is -1.15. The first-order valence-corrected chi connectivity index (χ1v) is 10.2. The van der Waals surface area contributed by atoms with E-state index < -0.39 is 48.1 Å². The highest BCUT2D eigenvalue weighted by Gasteiger charge is 2.34. The molecule has 184 valence electrons. The summed E-state index contributed by atoms with van der Waals surface area (Å²) in [4.78, 5) is 54.4. The summed E-state index contributed by atoms with van der Waals surface area (Å²) in [7, 11) is 1.10.